The number of amides is 2. The molecule has 0 saturated carbocycles. The summed E-state index contributed by atoms with van der Waals surface area (Å²) in [5.41, 5.74) is 8.11. The van der Waals surface area contributed by atoms with Gasteiger partial charge in [0.2, 0.25) is 0 Å². The molecule has 1 saturated heterocycles. The molecule has 34 heavy (non-hydrogen) atoms. The van der Waals surface area contributed by atoms with Crippen LogP contribution in [0.15, 0.2) is 36.4 Å². The number of likely N-dealkylation sites (tertiary alicyclic amines) is 1. The molecule has 0 radical (unpaired) electrons. The van der Waals surface area contributed by atoms with Gasteiger partial charge in [0.05, 0.1) is 39.7 Å². The molecule has 8 nitrogen and oxygen atoms in total. The number of rotatable bonds is 6. The highest BCUT2D eigenvalue weighted by Crippen LogP contribution is 2.27. The van der Waals surface area contributed by atoms with Crippen LogP contribution in [0, 0.1) is 0 Å². The Kier molecular flexibility index (Phi) is 6.93. The topological polar surface area (TPSA) is 121 Å². The number of H-pyrrole nitrogens is 1. The first-order valence-electron chi connectivity index (χ1n) is 11.0. The summed E-state index contributed by atoms with van der Waals surface area (Å²) in [6.07, 6.45) is 1.43. The highest BCUT2D eigenvalue weighted by molar-refractivity contribution is 6.34. The van der Waals surface area contributed by atoms with E-state index in [2.05, 4.69) is 15.3 Å². The molecular formula is C24H25Cl2N5O3. The maximum Gasteiger partial charge on any atom is 0.255 e. The maximum atomic E-state index is 13.1. The van der Waals surface area contributed by atoms with Crippen LogP contribution in [0.5, 0.6) is 0 Å². The minimum Gasteiger partial charge on any atom is -0.342 e. The van der Waals surface area contributed by atoms with E-state index in [1.54, 1.807) is 23.1 Å². The predicted molar refractivity (Wildman–Crippen MR) is 131 cm³/mol. The molecule has 4 N–H and O–H groups in total. The largest absolute Gasteiger partial charge is 0.342 e. The maximum absolute atomic E-state index is 13.1. The number of nitrogens with two attached hydrogens (primary N) is 1. The van der Waals surface area contributed by atoms with Gasteiger partial charge in [-0.25, -0.2) is 4.98 Å². The molecule has 1 fully saturated rings. The quantitative estimate of drug-likeness (QED) is 0.473. The number of carbonyl (C=O) groups is 3. The molecule has 3 atom stereocenters. The number of Topliss-reactive ketones (excluding diaryl/α,β-unsaturated/α-hetero) is 1. The third kappa shape index (κ3) is 4.80. The van der Waals surface area contributed by atoms with Gasteiger partial charge in [-0.3, -0.25) is 14.4 Å². The summed E-state index contributed by atoms with van der Waals surface area (Å²) in [6.45, 7) is 3.74. The molecular weight excluding hydrogens is 477 g/mol. The summed E-state index contributed by atoms with van der Waals surface area (Å²) >= 11 is 12.4. The SMILES string of the molecule is CC(=O)C(N)[C@H]1CCCN1C(=O)c1ccc(C(=O)N[C@@H](C)c2nc3cc(Cl)ccc3[nH]2)cc1Cl. The lowest BCUT2D eigenvalue weighted by Crippen LogP contribution is -2.50. The van der Waals surface area contributed by atoms with Crippen LogP contribution < -0.4 is 11.1 Å². The average Bonchev–Trinajstić information content (AvgIpc) is 3.44. The summed E-state index contributed by atoms with van der Waals surface area (Å²) < 4.78 is 0. The molecule has 10 heteroatoms. The number of hydrogen-bond acceptors (Lipinski definition) is 5. The number of aromatic amines is 1. The third-order valence-electron chi connectivity index (χ3n) is 6.13. The molecule has 1 aromatic heterocycles. The Morgan fingerprint density at radius 2 is 1.97 bits per heavy atom. The number of ketones is 1. The molecule has 3 aromatic rings. The van der Waals surface area contributed by atoms with Gasteiger partial charge in [0.1, 0.15) is 11.6 Å². The van der Waals surface area contributed by atoms with E-state index in [0.29, 0.717) is 34.9 Å². The zero-order valence-electron chi connectivity index (χ0n) is 18.8. The molecule has 1 unspecified atom stereocenters. The van der Waals surface area contributed by atoms with Gasteiger partial charge >= 0.3 is 0 Å². The van der Waals surface area contributed by atoms with Gasteiger partial charge in [0.15, 0.2) is 0 Å². The Morgan fingerprint density at radius 1 is 1.21 bits per heavy atom. The fraction of sp³-hybridized carbons (Fsp3) is 0.333. The first-order chi connectivity index (χ1) is 16.2. The van der Waals surface area contributed by atoms with E-state index in [-0.39, 0.29) is 34.2 Å². The summed E-state index contributed by atoms with van der Waals surface area (Å²) in [5, 5.41) is 3.62. The summed E-state index contributed by atoms with van der Waals surface area (Å²) in [4.78, 5) is 46.9. The fourth-order valence-corrected chi connectivity index (χ4v) is 4.65. The third-order valence-corrected chi connectivity index (χ3v) is 6.67. The van der Waals surface area contributed by atoms with Crippen molar-refractivity contribution in [3.8, 4) is 0 Å². The predicted octanol–water partition coefficient (Wildman–Crippen LogP) is 3.88. The van der Waals surface area contributed by atoms with Crippen LogP contribution in [-0.4, -0.2) is 51.1 Å². The number of nitrogens with zero attached hydrogens (tertiary/aromatic N) is 2. The van der Waals surface area contributed by atoms with Gasteiger partial charge in [-0.15, -0.1) is 0 Å². The number of imidazole rings is 1. The Balaban J connectivity index is 1.48. The lowest BCUT2D eigenvalue weighted by atomic mass is 10.0. The summed E-state index contributed by atoms with van der Waals surface area (Å²) in [6, 6.07) is 8.38. The minimum atomic E-state index is -0.731. The average molecular weight is 502 g/mol. The number of carbonyl (C=O) groups excluding carboxylic acids is 3. The molecule has 1 aliphatic heterocycles. The molecule has 4 rings (SSSR count). The molecule has 0 aliphatic carbocycles. The molecule has 178 valence electrons. The number of halogens is 2. The highest BCUT2D eigenvalue weighted by atomic mass is 35.5. The standard InChI is InChI=1S/C24H25Cl2N5O3/c1-12(22-29-18-8-6-15(25)11-19(18)30-22)28-23(33)14-5-7-16(17(26)10-14)24(34)31-9-3-4-20(31)21(27)13(2)32/h5-8,10-12,20-21H,3-4,9,27H2,1-2H3,(H,28,33)(H,29,30)/t12-,20+,21?/m0/s1. The zero-order valence-corrected chi connectivity index (χ0v) is 20.3. The van der Waals surface area contributed by atoms with Gasteiger partial charge in [-0.1, -0.05) is 23.2 Å². The summed E-state index contributed by atoms with van der Waals surface area (Å²) in [5.74, 6) is -0.232. The second-order valence-corrected chi connectivity index (χ2v) is 9.36. The van der Waals surface area contributed by atoms with Gasteiger partial charge in [-0.05, 0) is 63.1 Å². The monoisotopic (exact) mass is 501 g/mol. The van der Waals surface area contributed by atoms with Gasteiger partial charge in [0.25, 0.3) is 11.8 Å². The van der Waals surface area contributed by atoms with E-state index < -0.39 is 12.1 Å². The lowest BCUT2D eigenvalue weighted by molar-refractivity contribution is -0.119. The van der Waals surface area contributed by atoms with E-state index in [1.807, 2.05) is 13.0 Å². The Bertz CT molecular complexity index is 1270. The number of hydrogen-bond donors (Lipinski definition) is 3. The van der Waals surface area contributed by atoms with E-state index in [0.717, 1.165) is 11.9 Å². The van der Waals surface area contributed by atoms with Crippen molar-refractivity contribution in [3.05, 3.63) is 63.4 Å². The van der Waals surface area contributed by atoms with Crippen molar-refractivity contribution < 1.29 is 14.4 Å². The molecule has 2 amide bonds. The van der Waals surface area contributed by atoms with Crippen LogP contribution in [0.3, 0.4) is 0 Å². The van der Waals surface area contributed by atoms with E-state index in [4.69, 9.17) is 28.9 Å². The first-order valence-corrected chi connectivity index (χ1v) is 11.7. The van der Waals surface area contributed by atoms with Crippen molar-refractivity contribution in [1.29, 1.82) is 0 Å². The van der Waals surface area contributed by atoms with Crippen molar-refractivity contribution >= 4 is 51.8 Å². The van der Waals surface area contributed by atoms with E-state index >= 15 is 0 Å². The second-order valence-electron chi connectivity index (χ2n) is 8.52. The molecule has 2 aromatic carbocycles. The van der Waals surface area contributed by atoms with Crippen LogP contribution in [-0.2, 0) is 4.79 Å². The highest BCUT2D eigenvalue weighted by Gasteiger charge is 2.36. The minimum absolute atomic E-state index is 0.158. The van der Waals surface area contributed by atoms with Crippen molar-refractivity contribution in [1.82, 2.24) is 20.2 Å². The van der Waals surface area contributed by atoms with Gasteiger partial charge in [-0.2, -0.15) is 0 Å². The Morgan fingerprint density at radius 3 is 2.68 bits per heavy atom. The zero-order chi connectivity index (χ0) is 24.6. The van der Waals surface area contributed by atoms with Crippen LogP contribution >= 0.6 is 23.2 Å². The lowest BCUT2D eigenvalue weighted by Gasteiger charge is -2.28. The molecule has 0 spiro atoms. The molecule has 0 bridgehead atoms. The van der Waals surface area contributed by atoms with Crippen molar-refractivity contribution in [3.63, 3.8) is 0 Å². The van der Waals surface area contributed by atoms with Crippen LogP contribution in [0.25, 0.3) is 11.0 Å². The Labute approximate surface area is 206 Å². The van der Waals surface area contributed by atoms with Crippen molar-refractivity contribution in [2.75, 3.05) is 6.54 Å². The fourth-order valence-electron chi connectivity index (χ4n) is 4.23. The van der Waals surface area contributed by atoms with E-state index in [9.17, 15) is 14.4 Å². The molecule has 2 heterocycles. The van der Waals surface area contributed by atoms with E-state index in [1.165, 1.54) is 19.1 Å². The van der Waals surface area contributed by atoms with Crippen molar-refractivity contribution in [2.45, 2.75) is 44.8 Å². The van der Waals surface area contributed by atoms with Gasteiger partial charge in [0, 0.05) is 17.1 Å². The van der Waals surface area contributed by atoms with Crippen LogP contribution in [0.1, 0.15) is 59.3 Å². The summed E-state index contributed by atoms with van der Waals surface area (Å²) in [7, 11) is 0. The first kappa shape index (κ1) is 24.2. The molecule has 1 aliphatic rings. The van der Waals surface area contributed by atoms with Crippen molar-refractivity contribution in [2.24, 2.45) is 5.73 Å². The Hall–Kier alpha value is -2.94. The number of fused-ring (bicyclic) bond motifs is 1. The number of benzene rings is 2. The van der Waals surface area contributed by atoms with Crippen LogP contribution in [0.2, 0.25) is 10.0 Å². The second kappa shape index (κ2) is 9.74. The van der Waals surface area contributed by atoms with Gasteiger partial charge < -0.3 is 20.9 Å². The smallest absolute Gasteiger partial charge is 0.255 e. The normalized spacial score (nSPS) is 17.6. The number of aromatic nitrogens is 2. The van der Waals surface area contributed by atoms with Crippen LogP contribution in [0.4, 0.5) is 0 Å². The number of nitrogens with one attached hydrogen (secondary N) is 2.